The van der Waals surface area contributed by atoms with Gasteiger partial charge in [-0.1, -0.05) is 29.3 Å². The molecule has 0 aliphatic carbocycles. The van der Waals surface area contributed by atoms with Crippen LogP contribution >= 0.6 is 23.2 Å². The molecular weight excluding hydrogens is 245 g/mol. The second kappa shape index (κ2) is 5.37. The molecule has 0 fully saturated rings. The normalized spacial score (nSPS) is 12.2. The van der Waals surface area contributed by atoms with Crippen molar-refractivity contribution in [1.29, 1.82) is 0 Å². The van der Waals surface area contributed by atoms with Crippen molar-refractivity contribution in [3.8, 4) is 0 Å². The summed E-state index contributed by atoms with van der Waals surface area (Å²) in [5.41, 5.74) is 0.748. The third-order valence-electron chi connectivity index (χ3n) is 2.84. The number of aliphatic hydroxyl groups is 1. The molecule has 2 nitrogen and oxygen atoms in total. The second-order valence-corrected chi connectivity index (χ2v) is 5.41. The van der Waals surface area contributed by atoms with Crippen molar-refractivity contribution in [2.75, 3.05) is 13.7 Å². The van der Waals surface area contributed by atoms with Gasteiger partial charge in [-0.3, -0.25) is 4.90 Å². The van der Waals surface area contributed by atoms with Gasteiger partial charge in [0.05, 0.1) is 6.61 Å². The Balaban J connectivity index is 2.81. The third-order valence-corrected chi connectivity index (χ3v) is 3.43. The summed E-state index contributed by atoms with van der Waals surface area (Å²) in [6, 6.07) is 5.47. The van der Waals surface area contributed by atoms with Crippen molar-refractivity contribution in [2.24, 2.45) is 0 Å². The van der Waals surface area contributed by atoms with Gasteiger partial charge in [0.1, 0.15) is 0 Å². The van der Waals surface area contributed by atoms with E-state index in [0.29, 0.717) is 16.6 Å². The van der Waals surface area contributed by atoms with E-state index in [1.165, 1.54) is 0 Å². The van der Waals surface area contributed by atoms with Gasteiger partial charge < -0.3 is 5.11 Å². The topological polar surface area (TPSA) is 23.5 Å². The summed E-state index contributed by atoms with van der Waals surface area (Å²) < 4.78 is 0. The fourth-order valence-corrected chi connectivity index (χ4v) is 1.71. The van der Waals surface area contributed by atoms with Gasteiger partial charge in [-0.2, -0.15) is 0 Å². The Morgan fingerprint density at radius 1 is 1.31 bits per heavy atom. The maximum absolute atomic E-state index is 9.26. The van der Waals surface area contributed by atoms with Crippen LogP contribution in [0.5, 0.6) is 0 Å². The average Bonchev–Trinajstić information content (AvgIpc) is 2.22. The Labute approximate surface area is 107 Å². The van der Waals surface area contributed by atoms with Crippen LogP contribution in [0, 0.1) is 0 Å². The molecule has 16 heavy (non-hydrogen) atoms. The van der Waals surface area contributed by atoms with Gasteiger partial charge in [0.15, 0.2) is 0 Å². The van der Waals surface area contributed by atoms with Gasteiger partial charge in [-0.05, 0) is 38.6 Å². The van der Waals surface area contributed by atoms with Crippen LogP contribution in [0.4, 0.5) is 0 Å². The summed E-state index contributed by atoms with van der Waals surface area (Å²) in [4.78, 5) is 2.06. The molecule has 90 valence electrons. The molecule has 4 heteroatoms. The Morgan fingerprint density at radius 3 is 2.44 bits per heavy atom. The van der Waals surface area contributed by atoms with Gasteiger partial charge in [0.25, 0.3) is 0 Å². The lowest BCUT2D eigenvalue weighted by molar-refractivity contribution is 0.0734. The van der Waals surface area contributed by atoms with Crippen LogP contribution in [0.25, 0.3) is 0 Å². The maximum Gasteiger partial charge on any atom is 0.0610 e. The highest BCUT2D eigenvalue weighted by molar-refractivity contribution is 6.35. The molecule has 0 aliphatic rings. The summed E-state index contributed by atoms with van der Waals surface area (Å²) in [5, 5.41) is 10.6. The molecule has 1 aromatic carbocycles. The molecule has 0 radical (unpaired) electrons. The summed E-state index contributed by atoms with van der Waals surface area (Å²) in [5.74, 6) is 0. The van der Waals surface area contributed by atoms with E-state index in [1.807, 2.05) is 33.0 Å². The molecule has 1 aromatic rings. The monoisotopic (exact) mass is 261 g/mol. The van der Waals surface area contributed by atoms with Gasteiger partial charge in [-0.15, -0.1) is 0 Å². The molecule has 0 spiro atoms. The Morgan fingerprint density at radius 2 is 1.94 bits per heavy atom. The van der Waals surface area contributed by atoms with Crippen LogP contribution in [-0.4, -0.2) is 29.2 Å². The van der Waals surface area contributed by atoms with E-state index in [-0.39, 0.29) is 12.1 Å². The smallest absolute Gasteiger partial charge is 0.0610 e. The van der Waals surface area contributed by atoms with Crippen LogP contribution in [0.3, 0.4) is 0 Å². The van der Waals surface area contributed by atoms with E-state index in [4.69, 9.17) is 23.2 Å². The number of likely N-dealkylation sites (N-methyl/N-ethyl adjacent to an activating group) is 1. The summed E-state index contributed by atoms with van der Waals surface area (Å²) in [6.07, 6.45) is 0. The zero-order valence-electron chi connectivity index (χ0n) is 9.80. The van der Waals surface area contributed by atoms with E-state index in [2.05, 4.69) is 4.90 Å². The minimum Gasteiger partial charge on any atom is -0.394 e. The number of aliphatic hydroxyl groups excluding tert-OH is 1. The molecule has 0 unspecified atom stereocenters. The van der Waals surface area contributed by atoms with E-state index >= 15 is 0 Å². The summed E-state index contributed by atoms with van der Waals surface area (Å²) in [7, 11) is 1.96. The van der Waals surface area contributed by atoms with E-state index < -0.39 is 0 Å². The molecule has 0 heterocycles. The number of rotatable bonds is 4. The molecule has 0 amide bonds. The summed E-state index contributed by atoms with van der Waals surface area (Å²) >= 11 is 11.9. The number of benzene rings is 1. The van der Waals surface area contributed by atoms with Crippen molar-refractivity contribution < 1.29 is 5.11 Å². The lowest BCUT2D eigenvalue weighted by Crippen LogP contribution is -2.43. The standard InChI is InChI=1S/C12H17Cl2NO/c1-12(2,8-16)15(3)7-9-4-5-10(13)6-11(9)14/h4-6,16H,7-8H2,1-3H3. The van der Waals surface area contributed by atoms with Crippen molar-refractivity contribution in [3.63, 3.8) is 0 Å². The minimum atomic E-state index is -0.261. The molecule has 0 aliphatic heterocycles. The largest absolute Gasteiger partial charge is 0.394 e. The van der Waals surface area contributed by atoms with E-state index in [9.17, 15) is 5.11 Å². The third kappa shape index (κ3) is 3.36. The molecular formula is C12H17Cl2NO. The predicted molar refractivity (Wildman–Crippen MR) is 69.1 cm³/mol. The number of halogens is 2. The Bertz CT molecular complexity index is 366. The molecule has 1 rings (SSSR count). The van der Waals surface area contributed by atoms with Crippen LogP contribution in [0.15, 0.2) is 18.2 Å². The van der Waals surface area contributed by atoms with Gasteiger partial charge in [0.2, 0.25) is 0 Å². The SMILES string of the molecule is CN(Cc1ccc(Cl)cc1Cl)C(C)(C)CO. The Hall–Kier alpha value is -0.280. The number of nitrogens with zero attached hydrogens (tertiary/aromatic N) is 1. The molecule has 0 atom stereocenters. The molecule has 0 aromatic heterocycles. The fraction of sp³-hybridized carbons (Fsp3) is 0.500. The lowest BCUT2D eigenvalue weighted by Gasteiger charge is -2.34. The lowest BCUT2D eigenvalue weighted by atomic mass is 10.0. The average molecular weight is 262 g/mol. The molecule has 0 saturated carbocycles. The van der Waals surface area contributed by atoms with Gasteiger partial charge >= 0.3 is 0 Å². The first kappa shape index (κ1) is 13.8. The van der Waals surface area contributed by atoms with Crippen molar-refractivity contribution in [3.05, 3.63) is 33.8 Å². The van der Waals surface area contributed by atoms with Crippen molar-refractivity contribution >= 4 is 23.2 Å². The maximum atomic E-state index is 9.26. The molecule has 0 bridgehead atoms. The highest BCUT2D eigenvalue weighted by Crippen LogP contribution is 2.24. The highest BCUT2D eigenvalue weighted by Gasteiger charge is 2.22. The second-order valence-electron chi connectivity index (χ2n) is 4.56. The zero-order valence-corrected chi connectivity index (χ0v) is 11.3. The first-order valence-electron chi connectivity index (χ1n) is 5.13. The fourth-order valence-electron chi connectivity index (χ4n) is 1.24. The van der Waals surface area contributed by atoms with Crippen LogP contribution in [0.2, 0.25) is 10.0 Å². The Kier molecular flexibility index (Phi) is 4.62. The quantitative estimate of drug-likeness (QED) is 0.900. The zero-order chi connectivity index (χ0) is 12.3. The van der Waals surface area contributed by atoms with E-state index in [1.54, 1.807) is 6.07 Å². The first-order valence-corrected chi connectivity index (χ1v) is 5.88. The molecule has 1 N–H and O–H groups in total. The molecule has 0 saturated heterocycles. The van der Waals surface area contributed by atoms with Gasteiger partial charge in [-0.25, -0.2) is 0 Å². The number of hydrogen-bond donors (Lipinski definition) is 1. The van der Waals surface area contributed by atoms with Gasteiger partial charge in [0, 0.05) is 22.1 Å². The van der Waals surface area contributed by atoms with Crippen molar-refractivity contribution in [2.45, 2.75) is 25.9 Å². The summed E-state index contributed by atoms with van der Waals surface area (Å²) in [6.45, 7) is 4.76. The van der Waals surface area contributed by atoms with Crippen molar-refractivity contribution in [1.82, 2.24) is 4.90 Å². The van der Waals surface area contributed by atoms with Crippen LogP contribution in [-0.2, 0) is 6.54 Å². The number of hydrogen-bond acceptors (Lipinski definition) is 2. The van der Waals surface area contributed by atoms with Crippen LogP contribution in [0.1, 0.15) is 19.4 Å². The van der Waals surface area contributed by atoms with Crippen LogP contribution < -0.4 is 0 Å². The van der Waals surface area contributed by atoms with E-state index in [0.717, 1.165) is 5.56 Å². The first-order chi connectivity index (χ1) is 7.36. The minimum absolute atomic E-state index is 0.106. The highest BCUT2D eigenvalue weighted by atomic mass is 35.5. The predicted octanol–water partition coefficient (Wildman–Crippen LogP) is 3.20.